The Bertz CT molecular complexity index is 500. The number of nitro groups is 3. The number of hydrogen-bond donors (Lipinski definition) is 0. The van der Waals surface area contributed by atoms with Crippen molar-refractivity contribution in [2.24, 2.45) is 46.8 Å². The van der Waals surface area contributed by atoms with Gasteiger partial charge in [-0.2, -0.15) is 0 Å². The second-order valence-corrected chi connectivity index (χ2v) is 6.23. The van der Waals surface area contributed by atoms with Crippen LogP contribution in [0.4, 0.5) is 0 Å². The van der Waals surface area contributed by atoms with E-state index in [-0.39, 0.29) is 17.8 Å². The molecule has 94 valence electrons. The molecule has 0 radical (unpaired) electrons. The van der Waals surface area contributed by atoms with Crippen molar-refractivity contribution in [3.63, 3.8) is 0 Å². The van der Waals surface area contributed by atoms with E-state index in [9.17, 15) is 30.3 Å². The molecule has 0 spiro atoms. The highest BCUT2D eigenvalue weighted by Crippen LogP contribution is 3.07. The Kier molecular flexibility index (Phi) is 0.966. The molecule has 9 nitrogen and oxygen atoms in total. The smallest absolute Gasteiger partial charge is 0.253 e. The fraction of sp³-hybridized carbons (Fsp3) is 1.00. The molecule has 0 bridgehead atoms. The molecule has 0 aromatic heterocycles. The van der Waals surface area contributed by atoms with Crippen LogP contribution in [0.3, 0.4) is 0 Å². The molecule has 0 heterocycles. The van der Waals surface area contributed by atoms with Crippen LogP contribution in [0, 0.1) is 77.2 Å². The highest BCUT2D eigenvalue weighted by atomic mass is 16.7. The molecule has 18 heavy (non-hydrogen) atoms. The van der Waals surface area contributed by atoms with Crippen LogP contribution in [0.5, 0.6) is 0 Å². The normalized spacial score (nSPS) is 59.0. The van der Waals surface area contributed by atoms with Crippen molar-refractivity contribution in [1.82, 2.24) is 0 Å². The highest BCUT2D eigenvalue weighted by Gasteiger charge is 3.17. The maximum Gasteiger partial charge on any atom is 0.706 e. The van der Waals surface area contributed by atoms with E-state index < -0.39 is 26.0 Å². The van der Waals surface area contributed by atoms with Crippen molar-refractivity contribution in [2.45, 2.75) is 5.79 Å². The van der Waals surface area contributed by atoms with E-state index in [0.717, 1.165) is 0 Å². The molecule has 0 amide bonds. The van der Waals surface area contributed by atoms with Gasteiger partial charge in [0.05, 0.1) is 0 Å². The lowest BCUT2D eigenvalue weighted by atomic mass is 8.95. The van der Waals surface area contributed by atoms with Gasteiger partial charge in [0.2, 0.25) is 5.41 Å². The predicted octanol–water partition coefficient (Wildman–Crippen LogP) is -0.162. The largest absolute Gasteiger partial charge is 0.706 e. The van der Waals surface area contributed by atoms with E-state index >= 15 is 0 Å². The molecule has 6 aliphatic carbocycles. The molecule has 0 aliphatic heterocycles. The van der Waals surface area contributed by atoms with Crippen LogP contribution < -0.4 is 0 Å². The van der Waals surface area contributed by atoms with Gasteiger partial charge in [0, 0.05) is 0 Å². The van der Waals surface area contributed by atoms with Gasteiger partial charge in [-0.1, -0.05) is 0 Å². The van der Waals surface area contributed by atoms with Gasteiger partial charge in [0.15, 0.2) is 14.8 Å². The minimum Gasteiger partial charge on any atom is -0.253 e. The summed E-state index contributed by atoms with van der Waals surface area (Å²) >= 11 is 0. The van der Waals surface area contributed by atoms with Crippen molar-refractivity contribution < 1.29 is 14.8 Å². The summed E-state index contributed by atoms with van der Waals surface area (Å²) in [7, 11) is 0. The van der Waals surface area contributed by atoms with E-state index in [0.29, 0.717) is 23.7 Å². The Morgan fingerprint density at radius 2 is 1.06 bits per heavy atom. The summed E-state index contributed by atoms with van der Waals surface area (Å²) in [5.41, 5.74) is -1.25. The maximum absolute atomic E-state index is 11.1. The van der Waals surface area contributed by atoms with Gasteiger partial charge < -0.3 is 0 Å². The number of rotatable bonds is 4. The first-order valence-corrected chi connectivity index (χ1v) is 5.88. The molecule has 0 atom stereocenters. The summed E-state index contributed by atoms with van der Waals surface area (Å²) < 4.78 is 0. The SMILES string of the molecule is O=[N+]([O-])C([N+](=O)[O-])([N+](=O)[O-])C12C3C4C5C3C1C5C42. The Hall–Kier alpha value is -1.80. The second kappa shape index (κ2) is 1.90. The van der Waals surface area contributed by atoms with Gasteiger partial charge in [-0.15, -0.1) is 0 Å². The van der Waals surface area contributed by atoms with Crippen LogP contribution in [0.2, 0.25) is 0 Å². The zero-order chi connectivity index (χ0) is 12.8. The Morgan fingerprint density at radius 1 is 0.722 bits per heavy atom. The van der Waals surface area contributed by atoms with Crippen molar-refractivity contribution in [3.8, 4) is 0 Å². The molecule has 0 N–H and O–H groups in total. The van der Waals surface area contributed by atoms with Crippen molar-refractivity contribution >= 4 is 0 Å². The molecule has 9 heteroatoms. The third kappa shape index (κ3) is 0.394. The van der Waals surface area contributed by atoms with Crippen LogP contribution in [0.25, 0.3) is 0 Å². The minimum atomic E-state index is -3.19. The summed E-state index contributed by atoms with van der Waals surface area (Å²) in [6, 6.07) is 0. The summed E-state index contributed by atoms with van der Waals surface area (Å²) in [4.78, 5) is 29.7. The zero-order valence-electron chi connectivity index (χ0n) is 8.83. The van der Waals surface area contributed by atoms with Gasteiger partial charge in [-0.05, 0) is 41.4 Å². The first-order chi connectivity index (χ1) is 8.45. The molecule has 6 saturated carbocycles. The van der Waals surface area contributed by atoms with Gasteiger partial charge in [-0.3, -0.25) is 30.3 Å². The van der Waals surface area contributed by atoms with Crippen LogP contribution >= 0.6 is 0 Å². The molecule has 0 unspecified atom stereocenters. The monoisotopic (exact) mass is 253 g/mol. The third-order valence-corrected chi connectivity index (χ3v) is 6.82. The first kappa shape index (κ1) is 9.17. The van der Waals surface area contributed by atoms with E-state index in [1.807, 2.05) is 0 Å². The highest BCUT2D eigenvalue weighted by molar-refractivity contribution is 5.51. The summed E-state index contributed by atoms with van der Waals surface area (Å²) in [6.07, 6.45) is 0. The summed E-state index contributed by atoms with van der Waals surface area (Å²) in [5, 5.41) is 33.4. The predicted molar refractivity (Wildman–Crippen MR) is 50.6 cm³/mol. The zero-order valence-corrected chi connectivity index (χ0v) is 8.83. The lowest BCUT2D eigenvalue weighted by molar-refractivity contribution is -1.01. The fourth-order valence-corrected chi connectivity index (χ4v) is 6.78. The Balaban J connectivity index is 1.71. The van der Waals surface area contributed by atoms with E-state index in [4.69, 9.17) is 0 Å². The Labute approximate surface area is 98.6 Å². The quantitative estimate of drug-likeness (QED) is 0.388. The average Bonchev–Trinajstić information content (AvgIpc) is 2.28. The lowest BCUT2D eigenvalue weighted by Crippen LogP contribution is -3.10. The summed E-state index contributed by atoms with van der Waals surface area (Å²) in [5.74, 6) is -1.99. The minimum absolute atomic E-state index is 0.122. The lowest BCUT2D eigenvalue weighted by Gasteiger charge is -3.04. The van der Waals surface area contributed by atoms with E-state index in [2.05, 4.69) is 0 Å². The number of hydrogen-bond acceptors (Lipinski definition) is 6. The van der Waals surface area contributed by atoms with E-state index in [1.165, 1.54) is 0 Å². The molecule has 6 rings (SSSR count). The topological polar surface area (TPSA) is 129 Å². The third-order valence-electron chi connectivity index (χ3n) is 6.82. The Morgan fingerprint density at radius 3 is 1.33 bits per heavy atom. The van der Waals surface area contributed by atoms with Crippen molar-refractivity contribution in [3.05, 3.63) is 30.3 Å². The summed E-state index contributed by atoms with van der Waals surface area (Å²) in [6.45, 7) is 0. The van der Waals surface area contributed by atoms with Crippen LogP contribution in [0.15, 0.2) is 0 Å². The molecular formula is C9H7N3O6. The molecule has 0 aromatic carbocycles. The molecule has 6 aliphatic rings. The van der Waals surface area contributed by atoms with E-state index in [1.54, 1.807) is 0 Å². The van der Waals surface area contributed by atoms with Crippen LogP contribution in [-0.4, -0.2) is 20.6 Å². The van der Waals surface area contributed by atoms with Crippen LogP contribution in [-0.2, 0) is 0 Å². The standard InChI is InChI=1S/C9H7N3O6/c13-10(14)9(11(15)16,12(17)18)8-5-2-1-3(5)7(8)4(1)6(2)8/h1-7H. The molecule has 6 fully saturated rings. The molecule has 0 aromatic rings. The van der Waals surface area contributed by atoms with Gasteiger partial charge in [0.25, 0.3) is 0 Å². The number of nitrogens with zero attached hydrogens (tertiary/aromatic N) is 3. The molecule has 0 saturated heterocycles. The average molecular weight is 253 g/mol. The fourth-order valence-electron chi connectivity index (χ4n) is 6.78. The first-order valence-electron chi connectivity index (χ1n) is 5.88. The maximum atomic E-state index is 11.1. The second-order valence-electron chi connectivity index (χ2n) is 6.23. The van der Waals surface area contributed by atoms with Gasteiger partial charge in [-0.25, -0.2) is 0 Å². The van der Waals surface area contributed by atoms with Gasteiger partial charge >= 0.3 is 5.79 Å². The van der Waals surface area contributed by atoms with Gasteiger partial charge in [0.1, 0.15) is 0 Å². The van der Waals surface area contributed by atoms with Crippen LogP contribution in [0.1, 0.15) is 0 Å². The molecular weight excluding hydrogens is 246 g/mol. The van der Waals surface area contributed by atoms with Crippen molar-refractivity contribution in [2.75, 3.05) is 0 Å². The van der Waals surface area contributed by atoms with Crippen molar-refractivity contribution in [1.29, 1.82) is 0 Å².